The van der Waals surface area contributed by atoms with Gasteiger partial charge in [0.25, 0.3) is 0 Å². The lowest BCUT2D eigenvalue weighted by atomic mass is 9.94. The van der Waals surface area contributed by atoms with Crippen LogP contribution in [-0.2, 0) is 28.9 Å². The molecule has 0 bridgehead atoms. The quantitative estimate of drug-likeness (QED) is 0.136. The number of rotatable bonds is 10. The van der Waals surface area contributed by atoms with E-state index in [0.29, 0.717) is 36.6 Å². The lowest BCUT2D eigenvalue weighted by molar-refractivity contribution is -0.129. The Morgan fingerprint density at radius 3 is 2.64 bits per heavy atom. The van der Waals surface area contributed by atoms with Crippen LogP contribution < -0.4 is 4.74 Å². The third kappa shape index (κ3) is 6.32. The third-order valence-corrected chi connectivity index (χ3v) is 10.6. The molecule has 1 atom stereocenters. The molecule has 0 radical (unpaired) electrons. The lowest BCUT2D eigenvalue weighted by Crippen LogP contribution is -2.40. The van der Waals surface area contributed by atoms with Crippen molar-refractivity contribution >= 4 is 27.3 Å². The van der Waals surface area contributed by atoms with Crippen LogP contribution in [0.3, 0.4) is 0 Å². The number of β-amino-alcohol motifs (C(OH)–C–C–N with tert-alkyl or cyclic N) is 1. The molecule has 2 aromatic carbocycles. The van der Waals surface area contributed by atoms with Crippen molar-refractivity contribution in [2.75, 3.05) is 53.1 Å². The van der Waals surface area contributed by atoms with E-state index in [1.165, 1.54) is 41.7 Å². The number of carbonyl (C=O) groups excluding carboxylic acids is 1. The summed E-state index contributed by atoms with van der Waals surface area (Å²) < 4.78 is 44.6. The maximum Gasteiger partial charge on any atom is 0.246 e. The van der Waals surface area contributed by atoms with Crippen molar-refractivity contribution in [3.05, 3.63) is 89.0 Å². The summed E-state index contributed by atoms with van der Waals surface area (Å²) in [4.78, 5) is 22.0. The number of nitrogens with zero attached hydrogens (tertiary/aromatic N) is 5. The number of hydrogen-bond acceptors (Lipinski definition) is 8. The van der Waals surface area contributed by atoms with Gasteiger partial charge in [0, 0.05) is 66.6 Å². The first-order chi connectivity index (χ1) is 24.3. The molecule has 0 aliphatic carbocycles. The minimum Gasteiger partial charge on any atom is -0.490 e. The van der Waals surface area contributed by atoms with Gasteiger partial charge in [-0.25, -0.2) is 13.8 Å². The predicted octanol–water partition coefficient (Wildman–Crippen LogP) is 6.28. The maximum atomic E-state index is 16.2. The van der Waals surface area contributed by atoms with E-state index in [0.717, 1.165) is 59.0 Å². The molecule has 0 saturated carbocycles. The van der Waals surface area contributed by atoms with Gasteiger partial charge in [0.2, 0.25) is 5.91 Å². The highest BCUT2D eigenvalue weighted by Gasteiger charge is 2.31. The fraction of sp³-hybridized carbons (Fsp3) is 0.342. The van der Waals surface area contributed by atoms with Crippen LogP contribution in [-0.4, -0.2) is 88.7 Å². The number of hydrogen-bond donors (Lipinski definition) is 1. The lowest BCUT2D eigenvalue weighted by Gasteiger charge is -2.33. The number of methoxy groups -OCH3 is 1. The average molecular weight is 700 g/mol. The molecule has 0 saturated heterocycles. The molecule has 2 aliphatic rings. The first-order valence-corrected chi connectivity index (χ1v) is 17.7. The number of benzene rings is 2. The van der Waals surface area contributed by atoms with Crippen molar-refractivity contribution in [2.45, 2.75) is 32.4 Å². The van der Waals surface area contributed by atoms with E-state index >= 15 is 4.39 Å². The molecule has 50 heavy (non-hydrogen) atoms. The molecular weight excluding hydrogens is 661 g/mol. The van der Waals surface area contributed by atoms with Crippen molar-refractivity contribution in [3.63, 3.8) is 0 Å². The second kappa shape index (κ2) is 14.4. The first-order valence-electron chi connectivity index (χ1n) is 16.8. The third-order valence-electron chi connectivity index (χ3n) is 9.67. The van der Waals surface area contributed by atoms with Crippen LogP contribution in [0.2, 0.25) is 0 Å². The van der Waals surface area contributed by atoms with Crippen LogP contribution in [0.1, 0.15) is 29.8 Å². The molecular formula is C38H39F2N5O4S. The number of thiophene rings is 1. The number of aromatic nitrogens is 3. The Morgan fingerprint density at radius 1 is 1.04 bits per heavy atom. The summed E-state index contributed by atoms with van der Waals surface area (Å²) in [5, 5.41) is 17.3. The van der Waals surface area contributed by atoms with Crippen molar-refractivity contribution < 1.29 is 28.2 Å². The van der Waals surface area contributed by atoms with E-state index in [1.807, 2.05) is 29.1 Å². The highest BCUT2D eigenvalue weighted by molar-refractivity contribution is 7.18. The van der Waals surface area contributed by atoms with Gasteiger partial charge in [0.05, 0.1) is 42.8 Å². The van der Waals surface area contributed by atoms with Gasteiger partial charge in [0.1, 0.15) is 35.4 Å². The molecule has 2 aliphatic heterocycles. The Hall–Kier alpha value is -4.49. The Bertz CT molecular complexity index is 2080. The molecule has 1 N–H and O–H groups in total. The Kier molecular flexibility index (Phi) is 9.78. The Labute approximate surface area is 293 Å². The number of aliphatic hydroxyl groups excluding tert-OH is 1. The monoisotopic (exact) mass is 699 g/mol. The maximum absolute atomic E-state index is 16.2. The second-order valence-corrected chi connectivity index (χ2v) is 13.5. The highest BCUT2D eigenvalue weighted by Crippen LogP contribution is 2.47. The molecule has 1 amide bonds. The van der Waals surface area contributed by atoms with E-state index in [9.17, 15) is 14.3 Å². The van der Waals surface area contributed by atoms with Crippen molar-refractivity contribution in [3.8, 4) is 39.5 Å². The normalized spacial score (nSPS) is 16.3. The molecule has 260 valence electrons. The smallest absolute Gasteiger partial charge is 0.246 e. The van der Waals surface area contributed by atoms with E-state index in [-0.39, 0.29) is 43.1 Å². The standard InChI is InChI=1S/C38H39F2N5O4S/c1-4-33(47)44-12-13-45-31(23(44)2)22-30(42-45)37-35(34-29(40)20-27(39)21-32(34)49-17-16-48-3)38-28(9-18-50-38)36(41-37)26-6-5-24-7-10-43(14-15-46)11-8-25(24)19-26/h4-6,9,18-23,46H,1,7-8,10-17H2,2-3H3/t23-/m1/s1. The SMILES string of the molecule is C=CC(=O)N1CCn2nc(-c3nc(-c4ccc5c(c4)CCN(CCO)CC5)c4ccsc4c3-c3c(F)cc(F)cc3OCCOC)cc2[C@H]1C. The molecule has 7 rings (SSSR count). The van der Waals surface area contributed by atoms with Gasteiger partial charge in [-0.3, -0.25) is 9.48 Å². The van der Waals surface area contributed by atoms with Gasteiger partial charge in [-0.1, -0.05) is 18.7 Å². The summed E-state index contributed by atoms with van der Waals surface area (Å²) in [5.41, 5.74) is 6.46. The second-order valence-electron chi connectivity index (χ2n) is 12.6. The van der Waals surface area contributed by atoms with Gasteiger partial charge in [0.15, 0.2) is 0 Å². The fourth-order valence-electron chi connectivity index (χ4n) is 7.12. The van der Waals surface area contributed by atoms with Crippen LogP contribution in [0.15, 0.2) is 60.5 Å². The van der Waals surface area contributed by atoms with E-state index in [2.05, 4.69) is 29.7 Å². The number of amides is 1. The minimum absolute atomic E-state index is 0.0441. The first kappa shape index (κ1) is 34.0. The van der Waals surface area contributed by atoms with E-state index in [4.69, 9.17) is 19.6 Å². The van der Waals surface area contributed by atoms with Crippen molar-refractivity contribution in [1.82, 2.24) is 24.6 Å². The van der Waals surface area contributed by atoms with Crippen molar-refractivity contribution in [1.29, 1.82) is 0 Å². The molecule has 0 fully saturated rings. The summed E-state index contributed by atoms with van der Waals surface area (Å²) in [6, 6.07) is 12.1. The van der Waals surface area contributed by atoms with E-state index < -0.39 is 11.6 Å². The van der Waals surface area contributed by atoms with Gasteiger partial charge >= 0.3 is 0 Å². The highest BCUT2D eigenvalue weighted by atomic mass is 32.1. The number of pyridine rings is 1. The molecule has 5 heterocycles. The zero-order valence-corrected chi connectivity index (χ0v) is 28.9. The Balaban J connectivity index is 1.44. The Morgan fingerprint density at radius 2 is 1.86 bits per heavy atom. The van der Waals surface area contributed by atoms with Gasteiger partial charge < -0.3 is 24.4 Å². The molecule has 9 nitrogen and oxygen atoms in total. The topological polar surface area (TPSA) is 93.0 Å². The van der Waals surface area contributed by atoms with Gasteiger partial charge in [-0.15, -0.1) is 11.3 Å². The number of ether oxygens (including phenoxy) is 2. The van der Waals surface area contributed by atoms with Crippen LogP contribution in [0.4, 0.5) is 8.78 Å². The van der Waals surface area contributed by atoms with Crippen molar-refractivity contribution in [2.24, 2.45) is 0 Å². The largest absolute Gasteiger partial charge is 0.490 e. The van der Waals surface area contributed by atoms with Crippen LogP contribution in [0, 0.1) is 11.6 Å². The zero-order chi connectivity index (χ0) is 34.9. The molecule has 5 aromatic rings. The fourth-order valence-corrected chi connectivity index (χ4v) is 8.07. The minimum atomic E-state index is -0.777. The molecule has 0 spiro atoms. The zero-order valence-electron chi connectivity index (χ0n) is 28.1. The van der Waals surface area contributed by atoms with Gasteiger partial charge in [-0.2, -0.15) is 5.10 Å². The number of carbonyl (C=O) groups is 1. The molecule has 0 unspecified atom stereocenters. The predicted molar refractivity (Wildman–Crippen MR) is 190 cm³/mol. The molecule has 12 heteroatoms. The van der Waals surface area contributed by atoms with Gasteiger partial charge in [-0.05, 0) is 60.5 Å². The summed E-state index contributed by atoms with van der Waals surface area (Å²) >= 11 is 1.45. The number of halogens is 2. The summed E-state index contributed by atoms with van der Waals surface area (Å²) in [6.07, 6.45) is 3.04. The van der Waals surface area contributed by atoms with Crippen LogP contribution in [0.25, 0.3) is 43.9 Å². The summed E-state index contributed by atoms with van der Waals surface area (Å²) in [6.45, 7) is 9.37. The number of fused-ring (bicyclic) bond motifs is 3. The summed E-state index contributed by atoms with van der Waals surface area (Å²) in [7, 11) is 1.53. The molecule has 3 aromatic heterocycles. The summed E-state index contributed by atoms with van der Waals surface area (Å²) in [5.74, 6) is -1.65. The van der Waals surface area contributed by atoms with Crippen LogP contribution in [0.5, 0.6) is 5.75 Å². The number of aliphatic hydroxyl groups is 1. The van der Waals surface area contributed by atoms with Crippen LogP contribution >= 0.6 is 11.3 Å². The van der Waals surface area contributed by atoms with E-state index in [1.54, 1.807) is 4.90 Å². The average Bonchev–Trinajstić information content (AvgIpc) is 3.73.